The van der Waals surface area contributed by atoms with E-state index in [4.69, 9.17) is 0 Å². The normalized spacial score (nSPS) is 19.4. The number of amides is 1. The molecule has 0 aliphatic carbocycles. The number of fused-ring (bicyclic) bond motifs is 1. The maximum Gasteiger partial charge on any atom is 0.255 e. The molecule has 0 radical (unpaired) electrons. The zero-order chi connectivity index (χ0) is 17.4. The van der Waals surface area contributed by atoms with E-state index in [-0.39, 0.29) is 17.4 Å². The lowest BCUT2D eigenvalue weighted by Gasteiger charge is -2.26. The Balaban J connectivity index is 1.85. The van der Waals surface area contributed by atoms with Gasteiger partial charge in [-0.3, -0.25) is 4.79 Å². The number of carbonyl (C=O) groups excluding carboxylic acids is 1. The molecule has 0 bridgehead atoms. The minimum absolute atomic E-state index is 0.144. The topological polar surface area (TPSA) is 76.2 Å². The number of benzene rings is 2. The van der Waals surface area contributed by atoms with Gasteiger partial charge in [-0.2, -0.15) is 0 Å². The first-order valence-electron chi connectivity index (χ1n) is 6.89. The summed E-state index contributed by atoms with van der Waals surface area (Å²) in [5.41, 5.74) is 0.542. The molecule has 1 aliphatic heterocycles. The van der Waals surface area contributed by atoms with Gasteiger partial charge in [0, 0.05) is 29.4 Å². The predicted octanol–water partition coefficient (Wildman–Crippen LogP) is 2.74. The monoisotopic (exact) mass is 355 g/mol. The van der Waals surface area contributed by atoms with Crippen LogP contribution in [0, 0.1) is 17.5 Å². The Morgan fingerprint density at radius 3 is 2.54 bits per heavy atom. The van der Waals surface area contributed by atoms with E-state index in [2.05, 4.69) is 15.4 Å². The minimum Gasteiger partial charge on any atom is -0.593 e. The van der Waals surface area contributed by atoms with Crippen molar-refractivity contribution in [2.75, 3.05) is 10.6 Å². The zero-order valence-corrected chi connectivity index (χ0v) is 13.1. The third-order valence-electron chi connectivity index (χ3n) is 3.34. The van der Waals surface area contributed by atoms with Gasteiger partial charge in [0.2, 0.25) is 0 Å². The standard InChI is InChI=1S/C15H12F3N3O2S/c1-7-19-12-3-2-8(4-13(12)24(23)21-7)15(22)20-9-5-10(16)14(18)11(17)6-9/h2-7,19,21H,1H3,(H,20,22). The number of hydrogen-bond donors (Lipinski definition) is 3. The summed E-state index contributed by atoms with van der Waals surface area (Å²) in [7, 11) is 0. The van der Waals surface area contributed by atoms with E-state index in [1.54, 1.807) is 13.0 Å². The van der Waals surface area contributed by atoms with E-state index in [9.17, 15) is 22.5 Å². The maximum absolute atomic E-state index is 13.2. The number of nitrogens with one attached hydrogen (secondary N) is 3. The van der Waals surface area contributed by atoms with E-state index in [0.717, 1.165) is 0 Å². The van der Waals surface area contributed by atoms with Gasteiger partial charge >= 0.3 is 0 Å². The lowest BCUT2D eigenvalue weighted by atomic mass is 10.1. The second kappa shape index (κ2) is 6.34. The molecule has 1 heterocycles. The summed E-state index contributed by atoms with van der Waals surface area (Å²) in [6.45, 7) is 1.79. The number of anilines is 2. The summed E-state index contributed by atoms with van der Waals surface area (Å²) in [4.78, 5) is 12.6. The van der Waals surface area contributed by atoms with Crippen molar-refractivity contribution < 1.29 is 22.5 Å². The molecule has 9 heteroatoms. The molecule has 0 fully saturated rings. The third-order valence-corrected chi connectivity index (χ3v) is 4.65. The first kappa shape index (κ1) is 16.6. The highest BCUT2D eigenvalue weighted by Crippen LogP contribution is 2.27. The van der Waals surface area contributed by atoms with Gasteiger partial charge in [0.15, 0.2) is 22.3 Å². The molecule has 24 heavy (non-hydrogen) atoms. The van der Waals surface area contributed by atoms with Crippen molar-refractivity contribution >= 4 is 28.6 Å². The molecular weight excluding hydrogens is 343 g/mol. The highest BCUT2D eigenvalue weighted by Gasteiger charge is 2.27. The number of hydrogen-bond acceptors (Lipinski definition) is 4. The maximum atomic E-state index is 13.2. The van der Waals surface area contributed by atoms with Crippen LogP contribution in [0.1, 0.15) is 17.3 Å². The fourth-order valence-electron chi connectivity index (χ4n) is 2.25. The molecule has 0 spiro atoms. The molecule has 0 saturated heterocycles. The molecule has 126 valence electrons. The molecule has 2 unspecified atom stereocenters. The van der Waals surface area contributed by atoms with E-state index in [0.29, 0.717) is 22.7 Å². The van der Waals surface area contributed by atoms with Gasteiger partial charge in [-0.15, -0.1) is 4.72 Å². The molecule has 2 atom stereocenters. The van der Waals surface area contributed by atoms with Crippen molar-refractivity contribution in [2.24, 2.45) is 0 Å². The molecule has 0 aromatic heterocycles. The Hall–Kier alpha value is -2.23. The molecule has 1 amide bonds. The van der Waals surface area contributed by atoms with E-state index in [1.165, 1.54) is 12.1 Å². The van der Waals surface area contributed by atoms with Crippen molar-refractivity contribution in [1.82, 2.24) is 4.72 Å². The van der Waals surface area contributed by atoms with Gasteiger partial charge in [0.05, 0.1) is 17.0 Å². The second-order valence-electron chi connectivity index (χ2n) is 5.17. The Bertz CT molecular complexity index is 796. The van der Waals surface area contributed by atoms with Crippen LogP contribution in [-0.4, -0.2) is 16.6 Å². The minimum atomic E-state index is -1.61. The van der Waals surface area contributed by atoms with E-state index in [1.807, 2.05) is 0 Å². The Morgan fingerprint density at radius 2 is 1.88 bits per heavy atom. The van der Waals surface area contributed by atoms with Crippen LogP contribution in [0.25, 0.3) is 0 Å². The van der Waals surface area contributed by atoms with Crippen molar-refractivity contribution in [3.05, 3.63) is 53.3 Å². The van der Waals surface area contributed by atoms with Crippen LogP contribution >= 0.6 is 0 Å². The predicted molar refractivity (Wildman–Crippen MR) is 83.3 cm³/mol. The molecule has 0 saturated carbocycles. The van der Waals surface area contributed by atoms with E-state index < -0.39 is 34.7 Å². The molecule has 2 aromatic carbocycles. The Morgan fingerprint density at radius 1 is 1.21 bits per heavy atom. The van der Waals surface area contributed by atoms with Crippen molar-refractivity contribution in [3.8, 4) is 0 Å². The van der Waals surface area contributed by atoms with Gasteiger partial charge in [0.1, 0.15) is 6.17 Å². The van der Waals surface area contributed by atoms with Crippen molar-refractivity contribution in [2.45, 2.75) is 18.0 Å². The van der Waals surface area contributed by atoms with Crippen LogP contribution in [0.2, 0.25) is 0 Å². The molecule has 2 aromatic rings. The SMILES string of the molecule is CC1Nc2ccc(C(=O)Nc3cc(F)c(F)c(F)c3)cc2[S+]([O-])N1. The van der Waals surface area contributed by atoms with Crippen molar-refractivity contribution in [1.29, 1.82) is 0 Å². The van der Waals surface area contributed by atoms with Gasteiger partial charge < -0.3 is 15.2 Å². The zero-order valence-electron chi connectivity index (χ0n) is 12.3. The summed E-state index contributed by atoms with van der Waals surface area (Å²) in [6.07, 6.45) is -0.192. The molecule has 1 aliphatic rings. The van der Waals surface area contributed by atoms with Gasteiger partial charge in [-0.05, 0) is 19.1 Å². The van der Waals surface area contributed by atoms with Crippen LogP contribution in [0.15, 0.2) is 35.2 Å². The number of halogens is 3. The van der Waals surface area contributed by atoms with Gasteiger partial charge in [0.25, 0.3) is 5.91 Å². The summed E-state index contributed by atoms with van der Waals surface area (Å²) in [5, 5.41) is 5.32. The summed E-state index contributed by atoms with van der Waals surface area (Å²) >= 11 is -1.49. The summed E-state index contributed by atoms with van der Waals surface area (Å²) < 4.78 is 54.1. The molecule has 3 rings (SSSR count). The molecule has 5 nitrogen and oxygen atoms in total. The fourth-order valence-corrected chi connectivity index (χ4v) is 3.32. The van der Waals surface area contributed by atoms with Crippen molar-refractivity contribution in [3.63, 3.8) is 0 Å². The summed E-state index contributed by atoms with van der Waals surface area (Å²) in [6, 6.07) is 5.83. The van der Waals surface area contributed by atoms with Crippen LogP contribution in [0.5, 0.6) is 0 Å². The average molecular weight is 355 g/mol. The van der Waals surface area contributed by atoms with Gasteiger partial charge in [-0.25, -0.2) is 13.2 Å². The largest absolute Gasteiger partial charge is 0.593 e. The van der Waals surface area contributed by atoms with Crippen LogP contribution < -0.4 is 15.4 Å². The highest BCUT2D eigenvalue weighted by atomic mass is 32.2. The quantitative estimate of drug-likeness (QED) is 0.572. The van der Waals surface area contributed by atoms with E-state index >= 15 is 0 Å². The van der Waals surface area contributed by atoms with Crippen LogP contribution in [0.3, 0.4) is 0 Å². The molecular formula is C15H12F3N3O2S. The lowest BCUT2D eigenvalue weighted by Crippen LogP contribution is -2.42. The Labute approximate surface area is 138 Å². The lowest BCUT2D eigenvalue weighted by molar-refractivity contribution is 0.102. The number of carbonyl (C=O) groups is 1. The smallest absolute Gasteiger partial charge is 0.255 e. The molecule has 3 N–H and O–H groups in total. The number of rotatable bonds is 2. The Kier molecular flexibility index (Phi) is 4.39. The average Bonchev–Trinajstić information content (AvgIpc) is 2.52. The third kappa shape index (κ3) is 3.18. The van der Waals surface area contributed by atoms with Crippen LogP contribution in [0.4, 0.5) is 24.5 Å². The second-order valence-corrected chi connectivity index (χ2v) is 6.38. The van der Waals surface area contributed by atoms with Crippen LogP contribution in [-0.2, 0) is 11.4 Å². The first-order chi connectivity index (χ1) is 11.3. The highest BCUT2D eigenvalue weighted by molar-refractivity contribution is 7.89. The summed E-state index contributed by atoms with van der Waals surface area (Å²) in [5.74, 6) is -5.08. The first-order valence-corrected chi connectivity index (χ1v) is 8.04. The van der Waals surface area contributed by atoms with Gasteiger partial charge in [-0.1, -0.05) is 0 Å². The fraction of sp³-hybridized carbons (Fsp3) is 0.133.